The summed E-state index contributed by atoms with van der Waals surface area (Å²) in [7, 11) is -3.56. The number of benzene rings is 1. The van der Waals surface area contributed by atoms with Gasteiger partial charge >= 0.3 is 0 Å². The molecule has 0 fully saturated rings. The molecule has 7 heteroatoms. The van der Waals surface area contributed by atoms with Gasteiger partial charge in [0.1, 0.15) is 0 Å². The second-order valence-electron chi connectivity index (χ2n) is 5.20. The minimum absolute atomic E-state index is 0.150. The molecule has 0 bridgehead atoms. The molecule has 0 aliphatic carbocycles. The molecule has 0 atom stereocenters. The normalized spacial score (nSPS) is 11.6. The van der Waals surface area contributed by atoms with Gasteiger partial charge in [-0.1, -0.05) is 26.0 Å². The lowest BCUT2D eigenvalue weighted by molar-refractivity contribution is 0.0954. The molecule has 0 unspecified atom stereocenters. The molecule has 0 radical (unpaired) electrons. The second kappa shape index (κ2) is 8.41. The molecule has 0 aliphatic rings. The van der Waals surface area contributed by atoms with Gasteiger partial charge in [0.2, 0.25) is 10.0 Å². The second-order valence-corrected chi connectivity index (χ2v) is 8.17. The van der Waals surface area contributed by atoms with Gasteiger partial charge in [0.15, 0.2) is 0 Å². The van der Waals surface area contributed by atoms with Gasteiger partial charge in [0.25, 0.3) is 5.91 Å². The van der Waals surface area contributed by atoms with Gasteiger partial charge in [-0.05, 0) is 36.1 Å². The van der Waals surface area contributed by atoms with E-state index in [2.05, 4.69) is 5.32 Å². The van der Waals surface area contributed by atoms with E-state index in [1.165, 1.54) is 21.3 Å². The molecule has 1 aromatic heterocycles. The number of sulfonamides is 1. The zero-order valence-electron chi connectivity index (χ0n) is 13.9. The molecular weight excluding hydrogens is 344 g/mol. The van der Waals surface area contributed by atoms with Crippen LogP contribution in [0.5, 0.6) is 0 Å². The number of hydrogen-bond donors (Lipinski definition) is 1. The highest BCUT2D eigenvalue weighted by molar-refractivity contribution is 7.89. The summed E-state index contributed by atoms with van der Waals surface area (Å²) < 4.78 is 26.4. The standard InChI is InChI=1S/C17H22N2O3S2/c1-3-19(4-2)24(21,22)16-9-5-7-14(13-16)17(20)18-11-10-15-8-6-12-23-15/h5-9,12-13H,3-4,10-11H2,1-2H3,(H,18,20). The van der Waals surface area contributed by atoms with Gasteiger partial charge in [0.05, 0.1) is 4.90 Å². The van der Waals surface area contributed by atoms with E-state index >= 15 is 0 Å². The van der Waals surface area contributed by atoms with E-state index in [0.29, 0.717) is 25.2 Å². The van der Waals surface area contributed by atoms with Crippen molar-refractivity contribution in [3.8, 4) is 0 Å². The van der Waals surface area contributed by atoms with E-state index in [-0.39, 0.29) is 10.8 Å². The first-order chi connectivity index (χ1) is 11.5. The molecule has 5 nitrogen and oxygen atoms in total. The van der Waals surface area contributed by atoms with Crippen molar-refractivity contribution in [1.82, 2.24) is 9.62 Å². The number of carbonyl (C=O) groups is 1. The predicted molar refractivity (Wildman–Crippen MR) is 96.9 cm³/mol. The van der Waals surface area contributed by atoms with Crippen molar-refractivity contribution in [2.24, 2.45) is 0 Å². The van der Waals surface area contributed by atoms with Crippen LogP contribution in [0.25, 0.3) is 0 Å². The van der Waals surface area contributed by atoms with Crippen LogP contribution >= 0.6 is 11.3 Å². The highest BCUT2D eigenvalue weighted by Gasteiger charge is 2.22. The van der Waals surface area contributed by atoms with Crippen LogP contribution in [0.15, 0.2) is 46.7 Å². The monoisotopic (exact) mass is 366 g/mol. The molecule has 1 N–H and O–H groups in total. The molecule has 1 amide bonds. The third kappa shape index (κ3) is 4.43. The summed E-state index contributed by atoms with van der Waals surface area (Å²) in [5.74, 6) is -0.261. The number of nitrogens with one attached hydrogen (secondary N) is 1. The minimum Gasteiger partial charge on any atom is -0.352 e. The molecule has 0 spiro atoms. The number of amides is 1. The van der Waals surface area contributed by atoms with Crippen molar-refractivity contribution in [3.05, 3.63) is 52.2 Å². The highest BCUT2D eigenvalue weighted by atomic mass is 32.2. The van der Waals surface area contributed by atoms with Crippen LogP contribution in [0, 0.1) is 0 Å². The van der Waals surface area contributed by atoms with Gasteiger partial charge in [-0.2, -0.15) is 4.31 Å². The SMILES string of the molecule is CCN(CC)S(=O)(=O)c1cccc(C(=O)NCCc2cccs2)c1. The largest absolute Gasteiger partial charge is 0.352 e. The van der Waals surface area contributed by atoms with Gasteiger partial charge in [0, 0.05) is 30.1 Å². The Morgan fingerprint density at radius 2 is 1.92 bits per heavy atom. The number of rotatable bonds is 8. The summed E-state index contributed by atoms with van der Waals surface area (Å²) in [6.07, 6.45) is 0.765. The summed E-state index contributed by atoms with van der Waals surface area (Å²) in [6.45, 7) is 4.91. The van der Waals surface area contributed by atoms with Crippen LogP contribution in [0.4, 0.5) is 0 Å². The van der Waals surface area contributed by atoms with Crippen LogP contribution in [0.2, 0.25) is 0 Å². The maximum absolute atomic E-state index is 12.5. The Bertz CT molecular complexity index is 767. The number of carbonyl (C=O) groups excluding carboxylic acids is 1. The highest BCUT2D eigenvalue weighted by Crippen LogP contribution is 2.17. The van der Waals surface area contributed by atoms with Gasteiger partial charge < -0.3 is 5.32 Å². The Hall–Kier alpha value is -1.70. The van der Waals surface area contributed by atoms with Crippen LogP contribution in [0.3, 0.4) is 0 Å². The maximum Gasteiger partial charge on any atom is 0.251 e. The lowest BCUT2D eigenvalue weighted by atomic mass is 10.2. The fourth-order valence-electron chi connectivity index (χ4n) is 2.37. The minimum atomic E-state index is -3.56. The fraction of sp³-hybridized carbons (Fsp3) is 0.353. The van der Waals surface area contributed by atoms with Gasteiger partial charge in [-0.25, -0.2) is 8.42 Å². The lowest BCUT2D eigenvalue weighted by Crippen LogP contribution is -2.31. The summed E-state index contributed by atoms with van der Waals surface area (Å²) in [6, 6.07) is 10.2. The summed E-state index contributed by atoms with van der Waals surface area (Å²) in [5, 5.41) is 4.83. The Labute approximate surface area is 147 Å². The molecular formula is C17H22N2O3S2. The Kier molecular flexibility index (Phi) is 6.53. The summed E-state index contributed by atoms with van der Waals surface area (Å²) in [4.78, 5) is 13.6. The maximum atomic E-state index is 12.5. The average Bonchev–Trinajstić information content (AvgIpc) is 3.09. The van der Waals surface area contributed by atoms with E-state index in [1.807, 2.05) is 17.5 Å². The van der Waals surface area contributed by atoms with Crippen molar-refractivity contribution < 1.29 is 13.2 Å². The zero-order chi connectivity index (χ0) is 17.6. The number of hydrogen-bond acceptors (Lipinski definition) is 4. The van der Waals surface area contributed by atoms with Crippen molar-refractivity contribution in [3.63, 3.8) is 0 Å². The lowest BCUT2D eigenvalue weighted by Gasteiger charge is -2.18. The first-order valence-electron chi connectivity index (χ1n) is 7.89. The fourth-order valence-corrected chi connectivity index (χ4v) is 4.58. The van der Waals surface area contributed by atoms with Crippen molar-refractivity contribution in [2.45, 2.75) is 25.2 Å². The van der Waals surface area contributed by atoms with E-state index < -0.39 is 10.0 Å². The molecule has 0 aliphatic heterocycles. The average molecular weight is 367 g/mol. The molecule has 1 heterocycles. The zero-order valence-corrected chi connectivity index (χ0v) is 15.5. The summed E-state index contributed by atoms with van der Waals surface area (Å²) in [5.41, 5.74) is 0.356. The van der Waals surface area contributed by atoms with Crippen LogP contribution in [-0.4, -0.2) is 38.3 Å². The predicted octanol–water partition coefficient (Wildman–Crippen LogP) is 2.75. The van der Waals surface area contributed by atoms with Gasteiger partial charge in [-0.3, -0.25) is 4.79 Å². The molecule has 24 heavy (non-hydrogen) atoms. The Balaban J connectivity index is 2.07. The molecule has 2 aromatic rings. The molecule has 0 saturated carbocycles. The van der Waals surface area contributed by atoms with Crippen molar-refractivity contribution >= 4 is 27.3 Å². The number of nitrogens with zero attached hydrogens (tertiary/aromatic N) is 1. The van der Waals surface area contributed by atoms with Crippen LogP contribution < -0.4 is 5.32 Å². The topological polar surface area (TPSA) is 66.5 Å². The van der Waals surface area contributed by atoms with Crippen LogP contribution in [0.1, 0.15) is 29.1 Å². The van der Waals surface area contributed by atoms with Gasteiger partial charge in [-0.15, -0.1) is 11.3 Å². The van der Waals surface area contributed by atoms with E-state index in [9.17, 15) is 13.2 Å². The third-order valence-electron chi connectivity index (χ3n) is 3.68. The van der Waals surface area contributed by atoms with Crippen molar-refractivity contribution in [1.29, 1.82) is 0 Å². The van der Waals surface area contributed by atoms with E-state index in [0.717, 1.165) is 6.42 Å². The molecule has 2 rings (SSSR count). The smallest absolute Gasteiger partial charge is 0.251 e. The third-order valence-corrected chi connectivity index (χ3v) is 6.66. The summed E-state index contributed by atoms with van der Waals surface area (Å²) >= 11 is 1.65. The first-order valence-corrected chi connectivity index (χ1v) is 10.2. The Morgan fingerprint density at radius 3 is 2.54 bits per heavy atom. The molecule has 130 valence electrons. The van der Waals surface area contributed by atoms with Crippen LogP contribution in [-0.2, 0) is 16.4 Å². The Morgan fingerprint density at radius 1 is 1.17 bits per heavy atom. The van der Waals surface area contributed by atoms with E-state index in [4.69, 9.17) is 0 Å². The van der Waals surface area contributed by atoms with E-state index in [1.54, 1.807) is 37.3 Å². The molecule has 0 saturated heterocycles. The molecule has 1 aromatic carbocycles. The van der Waals surface area contributed by atoms with Crippen molar-refractivity contribution in [2.75, 3.05) is 19.6 Å². The number of thiophene rings is 1. The first kappa shape index (κ1) is 18.6. The quantitative estimate of drug-likeness (QED) is 0.781.